The number of carboxylic acid groups (broad SMARTS) is 1. The Morgan fingerprint density at radius 3 is 2.77 bits per heavy atom. The van der Waals surface area contributed by atoms with E-state index >= 15 is 0 Å². The molecule has 2 atom stereocenters. The van der Waals surface area contributed by atoms with Crippen molar-refractivity contribution in [2.24, 2.45) is 5.92 Å². The van der Waals surface area contributed by atoms with Gasteiger partial charge in [0.05, 0.1) is 17.1 Å². The molecule has 0 aliphatic rings. The van der Waals surface area contributed by atoms with E-state index in [1.807, 2.05) is 12.1 Å². The molecular weight excluding hydrogens is 282 g/mol. The van der Waals surface area contributed by atoms with Crippen LogP contribution in [-0.4, -0.2) is 28.0 Å². The van der Waals surface area contributed by atoms with Crippen molar-refractivity contribution in [3.63, 3.8) is 0 Å². The van der Waals surface area contributed by atoms with Gasteiger partial charge in [-0.15, -0.1) is 0 Å². The first-order valence-electron chi connectivity index (χ1n) is 6.79. The molecule has 22 heavy (non-hydrogen) atoms. The second kappa shape index (κ2) is 6.68. The van der Waals surface area contributed by atoms with Crippen molar-refractivity contribution >= 4 is 22.8 Å². The summed E-state index contributed by atoms with van der Waals surface area (Å²) in [6.07, 6.45) is 1.56. The minimum absolute atomic E-state index is 0.0499. The molecule has 1 heterocycles. The van der Waals surface area contributed by atoms with E-state index in [9.17, 15) is 14.7 Å². The summed E-state index contributed by atoms with van der Waals surface area (Å²) >= 11 is 0. The molecule has 6 heteroatoms. The molecule has 0 fully saturated rings. The number of carboxylic acids is 1. The quantitative estimate of drug-likeness (QED) is 0.878. The number of nitrogens with one attached hydrogen (secondary N) is 1. The van der Waals surface area contributed by atoms with Crippen LogP contribution >= 0.6 is 0 Å². The van der Waals surface area contributed by atoms with E-state index in [4.69, 9.17) is 5.26 Å². The van der Waals surface area contributed by atoms with Gasteiger partial charge >= 0.3 is 5.97 Å². The average Bonchev–Trinajstić information content (AvgIpc) is 2.51. The Hall–Kier alpha value is -2.94. The number of carbonyl (C=O) groups is 2. The Balaban J connectivity index is 2.30. The molecule has 0 unspecified atom stereocenters. The number of benzene rings is 1. The molecule has 0 saturated carbocycles. The molecule has 0 bridgehead atoms. The lowest BCUT2D eigenvalue weighted by molar-refractivity contribution is -0.140. The molecular formula is C16H15N3O3. The first kappa shape index (κ1) is 15.4. The van der Waals surface area contributed by atoms with Crippen molar-refractivity contribution < 1.29 is 14.7 Å². The molecule has 0 radical (unpaired) electrons. The van der Waals surface area contributed by atoms with Crippen LogP contribution in [0.3, 0.4) is 0 Å². The molecule has 0 saturated heterocycles. The van der Waals surface area contributed by atoms with E-state index in [1.54, 1.807) is 31.2 Å². The molecule has 1 amide bonds. The molecule has 1 aromatic heterocycles. The first-order chi connectivity index (χ1) is 10.5. The van der Waals surface area contributed by atoms with Crippen LogP contribution in [-0.2, 0) is 4.79 Å². The normalized spacial score (nSPS) is 13.1. The molecule has 0 aliphatic carbocycles. The minimum atomic E-state index is -1.16. The first-order valence-corrected chi connectivity index (χ1v) is 6.79. The summed E-state index contributed by atoms with van der Waals surface area (Å²) in [5.74, 6) is -2.13. The number of hydrogen-bond acceptors (Lipinski definition) is 4. The van der Waals surface area contributed by atoms with Crippen LogP contribution in [0, 0.1) is 17.2 Å². The number of amides is 1. The number of pyridine rings is 1. The van der Waals surface area contributed by atoms with Crippen molar-refractivity contribution in [3.8, 4) is 6.07 Å². The second-order valence-corrected chi connectivity index (χ2v) is 5.00. The number of hydrogen-bond donors (Lipinski definition) is 2. The number of nitrogens with zero attached hydrogens (tertiary/aromatic N) is 2. The predicted octanol–water partition coefficient (Wildman–Crippen LogP) is 1.97. The minimum Gasteiger partial charge on any atom is -0.480 e. The summed E-state index contributed by atoms with van der Waals surface area (Å²) in [7, 11) is 0. The van der Waals surface area contributed by atoms with Crippen molar-refractivity contribution in [2.75, 3.05) is 0 Å². The van der Waals surface area contributed by atoms with E-state index in [1.165, 1.54) is 6.20 Å². The number of para-hydroxylation sites is 1. The third-order valence-corrected chi connectivity index (χ3v) is 3.43. The number of rotatable bonds is 5. The van der Waals surface area contributed by atoms with Gasteiger partial charge in [-0.2, -0.15) is 5.26 Å². The molecule has 2 rings (SSSR count). The van der Waals surface area contributed by atoms with Crippen molar-refractivity contribution in [3.05, 3.63) is 42.1 Å². The highest BCUT2D eigenvalue weighted by molar-refractivity contribution is 6.06. The van der Waals surface area contributed by atoms with Gasteiger partial charge in [-0.05, 0) is 12.1 Å². The maximum atomic E-state index is 12.4. The molecule has 0 spiro atoms. The molecule has 1 aromatic carbocycles. The lowest BCUT2D eigenvalue weighted by atomic mass is 9.98. The predicted molar refractivity (Wildman–Crippen MR) is 80.0 cm³/mol. The molecule has 112 valence electrons. The van der Waals surface area contributed by atoms with Crippen LogP contribution < -0.4 is 5.32 Å². The van der Waals surface area contributed by atoms with Gasteiger partial charge < -0.3 is 10.4 Å². The zero-order valence-electron chi connectivity index (χ0n) is 12.0. The van der Waals surface area contributed by atoms with Crippen LogP contribution in [0.15, 0.2) is 36.5 Å². The molecule has 2 N–H and O–H groups in total. The van der Waals surface area contributed by atoms with Crippen molar-refractivity contribution in [1.82, 2.24) is 10.3 Å². The van der Waals surface area contributed by atoms with Crippen LogP contribution in [0.5, 0.6) is 0 Å². The Labute approximate surface area is 127 Å². The van der Waals surface area contributed by atoms with Gasteiger partial charge in [0, 0.05) is 23.9 Å². The fraction of sp³-hybridized carbons (Fsp3) is 0.250. The van der Waals surface area contributed by atoms with E-state index in [0.29, 0.717) is 16.5 Å². The number of fused-ring (bicyclic) bond motifs is 1. The number of aliphatic carboxylic acids is 1. The Morgan fingerprint density at radius 2 is 2.09 bits per heavy atom. The van der Waals surface area contributed by atoms with Crippen LogP contribution in [0.4, 0.5) is 0 Å². The number of nitriles is 1. The van der Waals surface area contributed by atoms with Gasteiger partial charge in [-0.25, -0.2) is 4.79 Å². The highest BCUT2D eigenvalue weighted by atomic mass is 16.4. The van der Waals surface area contributed by atoms with Gasteiger partial charge in [0.15, 0.2) is 0 Å². The zero-order valence-corrected chi connectivity index (χ0v) is 12.0. The summed E-state index contributed by atoms with van der Waals surface area (Å²) < 4.78 is 0. The summed E-state index contributed by atoms with van der Waals surface area (Å²) in [4.78, 5) is 27.9. The maximum Gasteiger partial charge on any atom is 0.326 e. The smallest absolute Gasteiger partial charge is 0.326 e. The zero-order chi connectivity index (χ0) is 16.1. The van der Waals surface area contributed by atoms with Crippen LogP contribution in [0.2, 0.25) is 0 Å². The largest absolute Gasteiger partial charge is 0.480 e. The highest BCUT2D eigenvalue weighted by Crippen LogP contribution is 2.17. The SMILES string of the molecule is C[C@@H](CC#N)[C@@H](NC(=O)c1ccnc2ccccc12)C(=O)O. The fourth-order valence-electron chi connectivity index (χ4n) is 2.22. The monoisotopic (exact) mass is 297 g/mol. The molecule has 2 aromatic rings. The third-order valence-electron chi connectivity index (χ3n) is 3.43. The Bertz CT molecular complexity index is 746. The van der Waals surface area contributed by atoms with E-state index in [2.05, 4.69) is 10.3 Å². The molecule has 6 nitrogen and oxygen atoms in total. The molecule has 0 aliphatic heterocycles. The summed E-state index contributed by atoms with van der Waals surface area (Å²) in [5, 5.41) is 21.1. The van der Waals surface area contributed by atoms with Gasteiger partial charge in [-0.3, -0.25) is 9.78 Å². The lowest BCUT2D eigenvalue weighted by Gasteiger charge is -2.19. The summed E-state index contributed by atoms with van der Waals surface area (Å²) in [5.41, 5.74) is 1.02. The number of carbonyl (C=O) groups excluding carboxylic acids is 1. The van der Waals surface area contributed by atoms with Gasteiger partial charge in [0.2, 0.25) is 0 Å². The summed E-state index contributed by atoms with van der Waals surface area (Å²) in [6.45, 7) is 1.62. The van der Waals surface area contributed by atoms with Crippen LogP contribution in [0.25, 0.3) is 10.9 Å². The fourth-order valence-corrected chi connectivity index (χ4v) is 2.22. The number of aromatic nitrogens is 1. The Morgan fingerprint density at radius 1 is 1.36 bits per heavy atom. The van der Waals surface area contributed by atoms with Crippen LogP contribution in [0.1, 0.15) is 23.7 Å². The summed E-state index contributed by atoms with van der Waals surface area (Å²) in [6, 6.07) is 9.49. The van der Waals surface area contributed by atoms with E-state index in [-0.39, 0.29) is 6.42 Å². The van der Waals surface area contributed by atoms with E-state index < -0.39 is 23.8 Å². The third kappa shape index (κ3) is 3.20. The van der Waals surface area contributed by atoms with Gasteiger partial charge in [0.1, 0.15) is 6.04 Å². The van der Waals surface area contributed by atoms with Crippen molar-refractivity contribution in [1.29, 1.82) is 5.26 Å². The standard InChI is InChI=1S/C16H15N3O3/c1-10(6-8-17)14(16(21)22)19-15(20)12-7-9-18-13-5-3-2-4-11(12)13/h2-5,7,9-10,14H,6H2,1H3,(H,19,20)(H,21,22)/t10-,14+/m0/s1. The maximum absolute atomic E-state index is 12.4. The Kier molecular flexibility index (Phi) is 4.69. The highest BCUT2D eigenvalue weighted by Gasteiger charge is 2.27. The second-order valence-electron chi connectivity index (χ2n) is 5.00. The van der Waals surface area contributed by atoms with E-state index in [0.717, 1.165) is 0 Å². The van der Waals surface area contributed by atoms with Gasteiger partial charge in [0.25, 0.3) is 5.91 Å². The van der Waals surface area contributed by atoms with Crippen molar-refractivity contribution in [2.45, 2.75) is 19.4 Å². The topological polar surface area (TPSA) is 103 Å². The van der Waals surface area contributed by atoms with Gasteiger partial charge in [-0.1, -0.05) is 25.1 Å². The lowest BCUT2D eigenvalue weighted by Crippen LogP contribution is -2.45. The average molecular weight is 297 g/mol.